The Balaban J connectivity index is 1.61. The van der Waals surface area contributed by atoms with E-state index in [9.17, 15) is 4.79 Å². The van der Waals surface area contributed by atoms with Crippen LogP contribution in [-0.4, -0.2) is 33.9 Å². The summed E-state index contributed by atoms with van der Waals surface area (Å²) in [4.78, 5) is 23.7. The molecular formula is C18H19N5OS2. The van der Waals surface area contributed by atoms with Crippen molar-refractivity contribution < 1.29 is 4.79 Å². The molecule has 1 amide bonds. The highest BCUT2D eigenvalue weighted by Gasteiger charge is 2.41. The van der Waals surface area contributed by atoms with Crippen molar-refractivity contribution in [1.82, 2.24) is 14.9 Å². The van der Waals surface area contributed by atoms with Crippen LogP contribution in [0.1, 0.15) is 33.8 Å². The van der Waals surface area contributed by atoms with Gasteiger partial charge in [0.15, 0.2) is 10.3 Å². The highest BCUT2D eigenvalue weighted by atomic mass is 32.1. The van der Waals surface area contributed by atoms with Gasteiger partial charge in [0.25, 0.3) is 5.91 Å². The number of anilines is 2. The topological polar surface area (TPSA) is 98.1 Å². The molecule has 4 N–H and O–H groups in total. The molecule has 1 aromatic carbocycles. The molecule has 134 valence electrons. The lowest BCUT2D eigenvalue weighted by Crippen LogP contribution is -2.45. The summed E-state index contributed by atoms with van der Waals surface area (Å²) in [6.07, 6.45) is 3.17. The zero-order valence-corrected chi connectivity index (χ0v) is 15.7. The highest BCUT2D eigenvalue weighted by molar-refractivity contribution is 7.17. The van der Waals surface area contributed by atoms with Gasteiger partial charge in [0, 0.05) is 23.9 Å². The molecule has 0 unspecified atom stereocenters. The van der Waals surface area contributed by atoms with Crippen molar-refractivity contribution >= 4 is 38.8 Å². The molecule has 0 saturated carbocycles. The van der Waals surface area contributed by atoms with Crippen LogP contribution >= 0.6 is 22.7 Å². The second kappa shape index (κ2) is 6.69. The first-order valence-corrected chi connectivity index (χ1v) is 10.1. The number of carbonyl (C=O) groups is 1. The summed E-state index contributed by atoms with van der Waals surface area (Å²) in [6.45, 7) is 1.31. The number of hydrogen-bond acceptors (Lipinski definition) is 7. The molecule has 3 aromatic rings. The van der Waals surface area contributed by atoms with Crippen LogP contribution in [0.25, 0.3) is 0 Å². The minimum Gasteiger partial charge on any atom is -0.375 e. The Hall–Kier alpha value is -2.45. The number of rotatable bonds is 3. The average Bonchev–Trinajstić information content (AvgIpc) is 3.31. The first-order chi connectivity index (χ1) is 12.6. The summed E-state index contributed by atoms with van der Waals surface area (Å²) >= 11 is 2.70. The van der Waals surface area contributed by atoms with E-state index in [0.717, 1.165) is 18.5 Å². The third-order valence-corrected chi connectivity index (χ3v) is 6.47. The summed E-state index contributed by atoms with van der Waals surface area (Å²) in [5.74, 6) is -0.00125. The van der Waals surface area contributed by atoms with E-state index < -0.39 is 0 Å². The van der Waals surface area contributed by atoms with E-state index >= 15 is 0 Å². The van der Waals surface area contributed by atoms with E-state index in [1.54, 1.807) is 6.20 Å². The summed E-state index contributed by atoms with van der Waals surface area (Å²) in [5.41, 5.74) is 13.6. The fraction of sp³-hybridized carbons (Fsp3) is 0.278. The zero-order valence-electron chi connectivity index (χ0n) is 14.1. The molecule has 1 saturated heterocycles. The highest BCUT2D eigenvalue weighted by Crippen LogP contribution is 2.42. The maximum Gasteiger partial charge on any atom is 0.265 e. The van der Waals surface area contributed by atoms with Crippen molar-refractivity contribution in [3.63, 3.8) is 0 Å². The quantitative estimate of drug-likeness (QED) is 0.722. The van der Waals surface area contributed by atoms with Crippen molar-refractivity contribution in [2.45, 2.75) is 18.3 Å². The number of likely N-dealkylation sites (tertiary alicyclic amines) is 1. The van der Waals surface area contributed by atoms with Crippen LogP contribution in [0.2, 0.25) is 0 Å². The predicted octanol–water partition coefficient (Wildman–Crippen LogP) is 2.99. The fourth-order valence-corrected chi connectivity index (χ4v) is 4.91. The van der Waals surface area contributed by atoms with Gasteiger partial charge in [0.1, 0.15) is 4.88 Å². The van der Waals surface area contributed by atoms with Crippen LogP contribution in [-0.2, 0) is 5.41 Å². The van der Waals surface area contributed by atoms with Gasteiger partial charge in [-0.1, -0.05) is 41.7 Å². The monoisotopic (exact) mass is 385 g/mol. The van der Waals surface area contributed by atoms with Gasteiger partial charge in [0.2, 0.25) is 0 Å². The lowest BCUT2D eigenvalue weighted by atomic mass is 9.70. The summed E-state index contributed by atoms with van der Waals surface area (Å²) in [7, 11) is 0. The third-order valence-electron chi connectivity index (χ3n) is 4.98. The first-order valence-electron chi connectivity index (χ1n) is 8.36. The Bertz CT molecular complexity index is 913. The number of nitrogen functional groups attached to an aromatic ring is 2. The molecule has 4 rings (SSSR count). The number of aromatic nitrogens is 2. The van der Waals surface area contributed by atoms with Crippen molar-refractivity contribution in [2.24, 2.45) is 0 Å². The lowest BCUT2D eigenvalue weighted by Gasteiger charge is -2.41. The number of amides is 1. The molecule has 2 aromatic heterocycles. The Morgan fingerprint density at radius 3 is 2.42 bits per heavy atom. The number of piperidine rings is 1. The molecule has 8 heteroatoms. The van der Waals surface area contributed by atoms with E-state index in [1.165, 1.54) is 28.2 Å². The first kappa shape index (κ1) is 17.0. The van der Waals surface area contributed by atoms with E-state index in [2.05, 4.69) is 22.1 Å². The Morgan fingerprint density at radius 1 is 1.12 bits per heavy atom. The number of nitrogens with zero attached hydrogens (tertiary/aromatic N) is 3. The predicted molar refractivity (Wildman–Crippen MR) is 105 cm³/mol. The van der Waals surface area contributed by atoms with Crippen LogP contribution in [0.15, 0.2) is 41.9 Å². The van der Waals surface area contributed by atoms with Crippen molar-refractivity contribution in [2.75, 3.05) is 24.6 Å². The number of nitrogens with two attached hydrogens (primary N) is 2. The van der Waals surface area contributed by atoms with E-state index in [0.29, 0.717) is 28.2 Å². The van der Waals surface area contributed by atoms with E-state index in [4.69, 9.17) is 11.5 Å². The van der Waals surface area contributed by atoms with Crippen molar-refractivity contribution in [3.05, 3.63) is 58.0 Å². The SMILES string of the molecule is Nc1nc(C2(c3ccccc3)CCN(C(=O)c3cnc(N)s3)CC2)cs1. The molecule has 0 bridgehead atoms. The summed E-state index contributed by atoms with van der Waals surface area (Å²) in [6, 6.07) is 10.4. The summed E-state index contributed by atoms with van der Waals surface area (Å²) in [5, 5.41) is 3.04. The van der Waals surface area contributed by atoms with Crippen molar-refractivity contribution in [3.8, 4) is 0 Å². The minimum absolute atomic E-state index is 0.00125. The Kier molecular flexibility index (Phi) is 4.37. The van der Waals surface area contributed by atoms with Crippen molar-refractivity contribution in [1.29, 1.82) is 0 Å². The third kappa shape index (κ3) is 2.95. The molecule has 1 aliphatic heterocycles. The van der Waals surface area contributed by atoms with Gasteiger partial charge in [-0.3, -0.25) is 4.79 Å². The van der Waals surface area contributed by atoms with Gasteiger partial charge in [0.05, 0.1) is 11.9 Å². The Labute approximate surface area is 159 Å². The largest absolute Gasteiger partial charge is 0.375 e. The van der Waals surface area contributed by atoms with Crippen LogP contribution in [0, 0.1) is 0 Å². The van der Waals surface area contributed by atoms with Crippen LogP contribution < -0.4 is 11.5 Å². The minimum atomic E-state index is -0.209. The normalized spacial score (nSPS) is 16.5. The molecule has 0 radical (unpaired) electrons. The Morgan fingerprint density at radius 2 is 1.85 bits per heavy atom. The molecule has 26 heavy (non-hydrogen) atoms. The second-order valence-corrected chi connectivity index (χ2v) is 8.33. The molecule has 0 atom stereocenters. The van der Waals surface area contributed by atoms with Crippen LogP contribution in [0.5, 0.6) is 0 Å². The lowest BCUT2D eigenvalue weighted by molar-refractivity contribution is 0.0689. The fourth-order valence-electron chi connectivity index (χ4n) is 3.59. The molecule has 1 fully saturated rings. The molecule has 1 aliphatic rings. The van der Waals surface area contributed by atoms with Gasteiger partial charge in [-0.05, 0) is 18.4 Å². The van der Waals surface area contributed by atoms with Crippen LogP contribution in [0.4, 0.5) is 10.3 Å². The molecule has 0 aliphatic carbocycles. The summed E-state index contributed by atoms with van der Waals surface area (Å²) < 4.78 is 0. The number of hydrogen-bond donors (Lipinski definition) is 2. The number of carbonyl (C=O) groups excluding carboxylic acids is 1. The molecule has 0 spiro atoms. The van der Waals surface area contributed by atoms with Gasteiger partial charge in [-0.2, -0.15) is 0 Å². The number of benzene rings is 1. The van der Waals surface area contributed by atoms with Gasteiger partial charge < -0.3 is 16.4 Å². The standard InChI is InChI=1S/C18H19N5OS2/c19-16-21-10-13(26-16)15(24)23-8-6-18(7-9-23,12-4-2-1-3-5-12)14-11-25-17(20)22-14/h1-5,10-11H,6-9H2,(H2,19,21)(H2,20,22). The molecule has 6 nitrogen and oxygen atoms in total. The van der Waals surface area contributed by atoms with Gasteiger partial charge in [-0.25, -0.2) is 9.97 Å². The average molecular weight is 386 g/mol. The molecular weight excluding hydrogens is 366 g/mol. The van der Waals surface area contributed by atoms with Gasteiger partial charge in [-0.15, -0.1) is 11.3 Å². The van der Waals surface area contributed by atoms with E-state index in [-0.39, 0.29) is 11.3 Å². The molecule has 3 heterocycles. The number of thiazole rings is 2. The maximum absolute atomic E-state index is 12.7. The van der Waals surface area contributed by atoms with Crippen LogP contribution in [0.3, 0.4) is 0 Å². The van der Waals surface area contributed by atoms with Gasteiger partial charge >= 0.3 is 0 Å². The van der Waals surface area contributed by atoms with E-state index in [1.807, 2.05) is 28.5 Å². The smallest absolute Gasteiger partial charge is 0.265 e. The zero-order chi connectivity index (χ0) is 18.1. The maximum atomic E-state index is 12.7. The second-order valence-electron chi connectivity index (χ2n) is 6.37.